The first-order chi connectivity index (χ1) is 32.4. The van der Waals surface area contributed by atoms with Gasteiger partial charge in [-0.25, -0.2) is 17.8 Å². The summed E-state index contributed by atoms with van der Waals surface area (Å²) in [4.78, 5) is 32.2. The molecule has 2 heterocycles. The first-order valence-corrected chi connectivity index (χ1v) is 34.4. The van der Waals surface area contributed by atoms with Crippen molar-refractivity contribution in [2.75, 3.05) is 49.6 Å². The average Bonchev–Trinajstić information content (AvgIpc) is 4.16. The van der Waals surface area contributed by atoms with Crippen LogP contribution < -0.4 is 10.6 Å². The van der Waals surface area contributed by atoms with E-state index in [9.17, 15) is 18.0 Å². The highest BCUT2D eigenvalue weighted by Gasteiger charge is 2.29. The summed E-state index contributed by atoms with van der Waals surface area (Å²) < 4.78 is 50.3. The summed E-state index contributed by atoms with van der Waals surface area (Å²) in [5.41, 5.74) is 13.5. The number of hydrogen-bond acceptors (Lipinski definition) is 15. The van der Waals surface area contributed by atoms with Gasteiger partial charge in [-0.1, -0.05) is 63.2 Å². The Balaban J connectivity index is 0.000000202. The molecule has 372 valence electrons. The second-order valence-corrected chi connectivity index (χ2v) is 35.0. The Morgan fingerprint density at radius 1 is 0.632 bits per heavy atom. The largest absolute Gasteiger partial charge is 0.469 e. The maximum absolute atomic E-state index is 12.9. The molecular weight excluding hydrogens is 937 g/mol. The number of methoxy groups -OCH3 is 2. The lowest BCUT2D eigenvalue weighted by Crippen LogP contribution is -2.22. The number of nitrogens with one attached hydrogen (secondary N) is 2. The van der Waals surface area contributed by atoms with Crippen LogP contribution in [0.3, 0.4) is 0 Å². The molecule has 16 nitrogen and oxygen atoms in total. The molecule has 2 N–H and O–H groups in total. The van der Waals surface area contributed by atoms with E-state index in [-0.39, 0.29) is 24.3 Å². The van der Waals surface area contributed by atoms with Gasteiger partial charge >= 0.3 is 11.9 Å². The molecule has 68 heavy (non-hydrogen) atoms. The lowest BCUT2D eigenvalue weighted by atomic mass is 9.99. The predicted octanol–water partition coefficient (Wildman–Crippen LogP) is 8.61. The smallest absolute Gasteiger partial charge is 0.306 e. The zero-order valence-corrected chi connectivity index (χ0v) is 45.1. The van der Waals surface area contributed by atoms with Gasteiger partial charge in [-0.2, -0.15) is 9.97 Å². The van der Waals surface area contributed by atoms with Gasteiger partial charge in [0.1, 0.15) is 13.5 Å². The molecule has 0 bridgehead atoms. The number of carbonyl (C=O) groups is 2. The highest BCUT2D eigenvalue weighted by atomic mass is 32.2. The topological polar surface area (TPSA) is 191 Å². The van der Waals surface area contributed by atoms with Crippen molar-refractivity contribution in [3.8, 4) is 0 Å². The van der Waals surface area contributed by atoms with Gasteiger partial charge in [0.25, 0.3) is 5.16 Å². The van der Waals surface area contributed by atoms with E-state index in [1.54, 1.807) is 0 Å². The maximum atomic E-state index is 12.9. The Morgan fingerprint density at radius 3 is 1.50 bits per heavy atom. The molecule has 0 atom stereocenters. The highest BCUT2D eigenvalue weighted by Crippen LogP contribution is 2.41. The number of rotatable bonds is 22. The molecule has 0 aliphatic heterocycles. The van der Waals surface area contributed by atoms with Gasteiger partial charge in [0.2, 0.25) is 26.9 Å². The zero-order chi connectivity index (χ0) is 48.6. The molecule has 2 aromatic heterocycles. The van der Waals surface area contributed by atoms with E-state index in [4.69, 9.17) is 24.3 Å². The fourth-order valence-electron chi connectivity index (χ4n) is 9.16. The third kappa shape index (κ3) is 13.6. The van der Waals surface area contributed by atoms with Crippen molar-refractivity contribution in [1.82, 2.24) is 29.5 Å². The molecule has 0 saturated heterocycles. The van der Waals surface area contributed by atoms with Gasteiger partial charge in [0, 0.05) is 46.5 Å². The molecule has 0 spiro atoms. The van der Waals surface area contributed by atoms with E-state index in [0.717, 1.165) is 81.7 Å². The molecule has 0 amide bonds. The minimum absolute atomic E-state index is 0.101. The van der Waals surface area contributed by atoms with Crippen molar-refractivity contribution in [2.24, 2.45) is 0 Å². The minimum atomic E-state index is -3.87. The monoisotopic (exact) mass is 1010 g/mol. The Morgan fingerprint density at radius 2 is 1.06 bits per heavy atom. The zero-order valence-electron chi connectivity index (χ0n) is 41.5. The number of aryl methyl sites for hydroxylation is 4. The van der Waals surface area contributed by atoms with Crippen LogP contribution in [0.5, 0.6) is 0 Å². The first kappa shape index (κ1) is 51.8. The van der Waals surface area contributed by atoms with E-state index in [1.807, 2.05) is 4.68 Å². The number of benzene rings is 2. The number of fused-ring (bicyclic) bond motifs is 4. The summed E-state index contributed by atoms with van der Waals surface area (Å²) in [6.07, 6.45) is 13.4. The number of carbonyl (C=O) groups excluding carboxylic acids is 2. The van der Waals surface area contributed by atoms with Crippen molar-refractivity contribution in [2.45, 2.75) is 165 Å². The summed E-state index contributed by atoms with van der Waals surface area (Å²) in [5, 5.41) is 16.5. The second-order valence-electron chi connectivity index (χ2n) is 20.7. The summed E-state index contributed by atoms with van der Waals surface area (Å²) >= 11 is 1.47. The number of esters is 2. The molecule has 0 saturated carbocycles. The van der Waals surface area contributed by atoms with Gasteiger partial charge in [-0.15, -0.1) is 10.2 Å². The summed E-state index contributed by atoms with van der Waals surface area (Å²) in [6, 6.07) is 6.90. The third-order valence-corrected chi connectivity index (χ3v) is 18.7. The Bertz CT molecular complexity index is 2490. The van der Waals surface area contributed by atoms with Crippen molar-refractivity contribution < 1.29 is 37.0 Å². The molecule has 4 aromatic rings. The number of ether oxygens (including phenoxy) is 4. The molecule has 0 radical (unpaired) electrons. The van der Waals surface area contributed by atoms with E-state index in [2.05, 4.69) is 76.9 Å². The van der Waals surface area contributed by atoms with Crippen molar-refractivity contribution >= 4 is 73.0 Å². The second kappa shape index (κ2) is 22.8. The summed E-state index contributed by atoms with van der Waals surface area (Å²) in [5.74, 6) is 0.446. The van der Waals surface area contributed by atoms with Gasteiger partial charge in [-0.3, -0.25) is 9.59 Å². The van der Waals surface area contributed by atoms with Crippen LogP contribution in [0.2, 0.25) is 51.4 Å². The lowest BCUT2D eigenvalue weighted by Gasteiger charge is -2.18. The van der Waals surface area contributed by atoms with Crippen LogP contribution in [0.15, 0.2) is 22.4 Å². The fraction of sp³-hybridized carbons (Fsp3) is 0.625. The lowest BCUT2D eigenvalue weighted by molar-refractivity contribution is -0.141. The van der Waals surface area contributed by atoms with E-state index < -0.39 is 37.7 Å². The normalized spacial score (nSPS) is 15.1. The minimum Gasteiger partial charge on any atom is -0.469 e. The van der Waals surface area contributed by atoms with Gasteiger partial charge in [0.05, 0.1) is 32.8 Å². The Labute approximate surface area is 408 Å². The maximum Gasteiger partial charge on any atom is 0.306 e. The van der Waals surface area contributed by atoms with Crippen molar-refractivity contribution in [3.05, 3.63) is 56.6 Å². The average molecular weight is 1010 g/mol. The highest BCUT2D eigenvalue weighted by molar-refractivity contribution is 7.99. The molecule has 20 heteroatoms. The van der Waals surface area contributed by atoms with Crippen LogP contribution in [0.25, 0.3) is 0 Å². The molecule has 4 aliphatic carbocycles. The molecule has 0 fully saturated rings. The van der Waals surface area contributed by atoms with Crippen molar-refractivity contribution in [3.63, 3.8) is 0 Å². The van der Waals surface area contributed by atoms with E-state index >= 15 is 0 Å². The standard InChI is InChI=1S/C24H36N4O5SSi.C24H36N4O3SSi/c1-32-21(29)11-13-34(30,31)24-26-23(28(27-24)16-33-12-14-35(2,3)4)25-22-19-9-5-7-17(19)15-18-8-6-10-20(18)22;1-30-21(29)11-13-32-24-26-23(28(27-24)16-31-12-14-33(2,3)4)25-22-19-9-5-7-17(19)15-18-8-6-10-20(18)22/h15H,5-14,16H2,1-4H3,(H,25,26,27);15H,5-14,16H2,1-4H3,(H,25,26,27). The van der Waals surface area contributed by atoms with Gasteiger partial charge in [0.15, 0.2) is 0 Å². The summed E-state index contributed by atoms with van der Waals surface area (Å²) in [7, 11) is -3.64. The Hall–Kier alpha value is -4.09. The number of aromatic nitrogens is 6. The molecule has 0 unspecified atom stereocenters. The number of thioether (sulfide) groups is 1. The predicted molar refractivity (Wildman–Crippen MR) is 272 cm³/mol. The van der Waals surface area contributed by atoms with Crippen LogP contribution in [0.1, 0.15) is 83.0 Å². The van der Waals surface area contributed by atoms with Crippen LogP contribution in [-0.4, -0.2) is 105 Å². The van der Waals surface area contributed by atoms with Crippen LogP contribution >= 0.6 is 11.8 Å². The van der Waals surface area contributed by atoms with E-state index in [1.165, 1.54) is 107 Å². The molecule has 2 aromatic carbocycles. The van der Waals surface area contributed by atoms with Gasteiger partial charge < -0.3 is 29.6 Å². The van der Waals surface area contributed by atoms with Crippen molar-refractivity contribution in [1.29, 1.82) is 0 Å². The third-order valence-electron chi connectivity index (χ3n) is 13.0. The quantitative estimate of drug-likeness (QED) is 0.0329. The van der Waals surface area contributed by atoms with Crippen LogP contribution in [-0.2, 0) is 103 Å². The molecular formula is C48H72N8O8S2Si2. The Kier molecular flexibility index (Phi) is 17.3. The molecule has 8 rings (SSSR count). The van der Waals surface area contributed by atoms with Crippen LogP contribution in [0, 0.1) is 0 Å². The fourth-order valence-corrected chi connectivity index (χ4v) is 12.5. The molecule has 4 aliphatic rings. The number of nitrogens with zero attached hydrogens (tertiary/aromatic N) is 6. The van der Waals surface area contributed by atoms with Gasteiger partial charge in [-0.05, 0) is 134 Å². The van der Waals surface area contributed by atoms with E-state index in [0.29, 0.717) is 36.6 Å². The number of sulfone groups is 1. The number of hydrogen-bond donors (Lipinski definition) is 2. The first-order valence-electron chi connectivity index (χ1n) is 24.3. The van der Waals surface area contributed by atoms with Crippen LogP contribution in [0.4, 0.5) is 23.3 Å². The summed E-state index contributed by atoms with van der Waals surface area (Å²) in [6.45, 7) is 15.7. The SMILES string of the molecule is COC(=O)CCS(=O)(=O)c1nc(Nc2c3c(cc4c2CCC4)CCC3)n(COCC[Si](C)(C)C)n1.COC(=O)CCSc1nc(Nc2c3c(cc4c2CCC4)CCC3)n(COCC[Si](C)(C)C)n1. The number of anilines is 4.